The van der Waals surface area contributed by atoms with Gasteiger partial charge >= 0.3 is 0 Å². The standard InChI is InChI=1S/C14H15N5OS/c1-9-15-11-8-10(2-3-12(11)21-9)13-16-14(18-17-13)19-4-6-20-7-5-19/h2-3,8H,4-7H2,1H3,(H,16,17,18). The van der Waals surface area contributed by atoms with Crippen molar-refractivity contribution in [2.45, 2.75) is 6.92 Å². The summed E-state index contributed by atoms with van der Waals surface area (Å²) in [7, 11) is 0. The molecular formula is C14H15N5OS. The van der Waals surface area contributed by atoms with Crippen LogP contribution in [0, 0.1) is 6.92 Å². The van der Waals surface area contributed by atoms with E-state index < -0.39 is 0 Å². The summed E-state index contributed by atoms with van der Waals surface area (Å²) in [6.45, 7) is 5.15. The molecule has 108 valence electrons. The van der Waals surface area contributed by atoms with Gasteiger partial charge in [0.25, 0.3) is 0 Å². The Kier molecular flexibility index (Phi) is 3.08. The molecule has 0 spiro atoms. The number of anilines is 1. The predicted molar refractivity (Wildman–Crippen MR) is 82.8 cm³/mol. The Balaban J connectivity index is 1.66. The van der Waals surface area contributed by atoms with Gasteiger partial charge in [-0.25, -0.2) is 4.98 Å². The lowest BCUT2D eigenvalue weighted by molar-refractivity contribution is 0.122. The second-order valence-corrected chi connectivity index (χ2v) is 6.23. The van der Waals surface area contributed by atoms with Crippen LogP contribution in [0.5, 0.6) is 0 Å². The van der Waals surface area contributed by atoms with Crippen molar-refractivity contribution < 1.29 is 4.74 Å². The van der Waals surface area contributed by atoms with Gasteiger partial charge in [-0.15, -0.1) is 16.4 Å². The van der Waals surface area contributed by atoms with Crippen LogP contribution in [0.2, 0.25) is 0 Å². The van der Waals surface area contributed by atoms with Crippen LogP contribution < -0.4 is 4.90 Å². The lowest BCUT2D eigenvalue weighted by Gasteiger charge is -2.25. The Hall–Kier alpha value is -1.99. The molecule has 0 saturated carbocycles. The first kappa shape index (κ1) is 12.7. The Bertz CT molecular complexity index is 775. The molecule has 0 amide bonds. The highest BCUT2D eigenvalue weighted by Crippen LogP contribution is 2.26. The minimum absolute atomic E-state index is 0.730. The SMILES string of the molecule is Cc1nc2cc(-c3nc(N4CCOCC4)n[nH]3)ccc2s1. The number of hydrogen-bond acceptors (Lipinski definition) is 6. The van der Waals surface area contributed by atoms with E-state index in [0.29, 0.717) is 0 Å². The van der Waals surface area contributed by atoms with Crippen LogP contribution in [0.4, 0.5) is 5.95 Å². The van der Waals surface area contributed by atoms with Gasteiger partial charge in [0.05, 0.1) is 28.4 Å². The fraction of sp³-hybridized carbons (Fsp3) is 0.357. The maximum absolute atomic E-state index is 5.35. The van der Waals surface area contributed by atoms with Gasteiger partial charge in [-0.3, -0.25) is 5.10 Å². The molecule has 0 bridgehead atoms. The molecule has 1 fully saturated rings. The molecule has 1 N–H and O–H groups in total. The summed E-state index contributed by atoms with van der Waals surface area (Å²) in [5, 5.41) is 8.42. The molecule has 1 saturated heterocycles. The van der Waals surface area contributed by atoms with Crippen molar-refractivity contribution in [2.75, 3.05) is 31.2 Å². The number of hydrogen-bond donors (Lipinski definition) is 1. The molecule has 7 heteroatoms. The van der Waals surface area contributed by atoms with E-state index in [4.69, 9.17) is 4.74 Å². The highest BCUT2D eigenvalue weighted by atomic mass is 32.1. The Labute approximate surface area is 125 Å². The number of thiazole rings is 1. The normalized spacial score (nSPS) is 15.8. The van der Waals surface area contributed by atoms with Crippen LogP contribution >= 0.6 is 11.3 Å². The summed E-state index contributed by atoms with van der Waals surface area (Å²) in [5.41, 5.74) is 2.03. The first-order chi connectivity index (χ1) is 10.3. The monoisotopic (exact) mass is 301 g/mol. The topological polar surface area (TPSA) is 66.9 Å². The second kappa shape index (κ2) is 5.09. The summed E-state index contributed by atoms with van der Waals surface area (Å²) in [4.78, 5) is 11.3. The van der Waals surface area contributed by atoms with Crippen LogP contribution in [-0.2, 0) is 4.74 Å². The van der Waals surface area contributed by atoms with E-state index in [-0.39, 0.29) is 0 Å². The van der Waals surface area contributed by atoms with Crippen molar-refractivity contribution in [3.05, 3.63) is 23.2 Å². The fourth-order valence-electron chi connectivity index (χ4n) is 2.48. The molecule has 6 nitrogen and oxygen atoms in total. The number of aryl methyl sites for hydroxylation is 1. The Morgan fingerprint density at radius 1 is 1.24 bits per heavy atom. The molecule has 4 rings (SSSR count). The average Bonchev–Trinajstić information content (AvgIpc) is 3.12. The molecule has 1 aliphatic heterocycles. The van der Waals surface area contributed by atoms with E-state index in [2.05, 4.69) is 43.3 Å². The number of aromatic nitrogens is 4. The van der Waals surface area contributed by atoms with E-state index in [1.165, 1.54) is 4.70 Å². The van der Waals surface area contributed by atoms with Crippen molar-refractivity contribution in [1.82, 2.24) is 20.2 Å². The van der Waals surface area contributed by atoms with Crippen molar-refractivity contribution in [3.8, 4) is 11.4 Å². The van der Waals surface area contributed by atoms with Gasteiger partial charge in [-0.2, -0.15) is 4.98 Å². The number of ether oxygens (including phenoxy) is 1. The molecule has 1 aliphatic rings. The van der Waals surface area contributed by atoms with E-state index >= 15 is 0 Å². The largest absolute Gasteiger partial charge is 0.378 e. The number of benzene rings is 1. The number of rotatable bonds is 2. The molecule has 3 heterocycles. The van der Waals surface area contributed by atoms with Crippen LogP contribution in [0.1, 0.15) is 5.01 Å². The summed E-state index contributed by atoms with van der Waals surface area (Å²) in [6.07, 6.45) is 0. The fourth-order valence-corrected chi connectivity index (χ4v) is 3.28. The van der Waals surface area contributed by atoms with Crippen LogP contribution in [0.3, 0.4) is 0 Å². The number of fused-ring (bicyclic) bond motifs is 1. The Morgan fingerprint density at radius 2 is 2.10 bits per heavy atom. The number of nitrogens with one attached hydrogen (secondary N) is 1. The summed E-state index contributed by atoms with van der Waals surface area (Å²) < 4.78 is 6.55. The molecule has 1 aromatic carbocycles. The number of H-pyrrole nitrogens is 1. The quantitative estimate of drug-likeness (QED) is 0.786. The summed E-state index contributed by atoms with van der Waals surface area (Å²) in [5.74, 6) is 1.52. The van der Waals surface area contributed by atoms with Crippen molar-refractivity contribution in [3.63, 3.8) is 0 Å². The van der Waals surface area contributed by atoms with Gasteiger partial charge in [0.15, 0.2) is 5.82 Å². The zero-order valence-electron chi connectivity index (χ0n) is 11.7. The lowest BCUT2D eigenvalue weighted by Crippen LogP contribution is -2.36. The molecule has 21 heavy (non-hydrogen) atoms. The highest BCUT2D eigenvalue weighted by molar-refractivity contribution is 7.18. The van der Waals surface area contributed by atoms with Crippen molar-refractivity contribution in [1.29, 1.82) is 0 Å². The Morgan fingerprint density at radius 3 is 2.95 bits per heavy atom. The minimum atomic E-state index is 0.730. The van der Waals surface area contributed by atoms with Crippen molar-refractivity contribution in [2.24, 2.45) is 0 Å². The first-order valence-corrected chi connectivity index (χ1v) is 7.74. The maximum Gasteiger partial charge on any atom is 0.245 e. The van der Waals surface area contributed by atoms with Gasteiger partial charge in [0, 0.05) is 18.7 Å². The van der Waals surface area contributed by atoms with Gasteiger partial charge in [-0.05, 0) is 25.1 Å². The lowest BCUT2D eigenvalue weighted by atomic mass is 10.2. The number of morpholine rings is 1. The molecule has 0 unspecified atom stereocenters. The number of aromatic amines is 1. The third kappa shape index (κ3) is 2.38. The molecular weight excluding hydrogens is 286 g/mol. The third-order valence-corrected chi connectivity index (χ3v) is 4.49. The molecule has 2 aromatic heterocycles. The van der Waals surface area contributed by atoms with E-state index in [1.54, 1.807) is 11.3 Å². The third-order valence-electron chi connectivity index (χ3n) is 3.54. The maximum atomic E-state index is 5.35. The zero-order chi connectivity index (χ0) is 14.2. The van der Waals surface area contributed by atoms with Gasteiger partial charge in [0.2, 0.25) is 5.95 Å². The summed E-state index contributed by atoms with van der Waals surface area (Å²) >= 11 is 1.70. The van der Waals surface area contributed by atoms with Gasteiger partial charge < -0.3 is 9.64 Å². The molecule has 0 atom stereocenters. The molecule has 0 radical (unpaired) electrons. The smallest absolute Gasteiger partial charge is 0.245 e. The van der Waals surface area contributed by atoms with Crippen LogP contribution in [0.15, 0.2) is 18.2 Å². The summed E-state index contributed by atoms with van der Waals surface area (Å²) in [6, 6.07) is 6.21. The van der Waals surface area contributed by atoms with Crippen LogP contribution in [-0.4, -0.2) is 46.5 Å². The zero-order valence-corrected chi connectivity index (χ0v) is 12.5. The van der Waals surface area contributed by atoms with Crippen molar-refractivity contribution >= 4 is 27.5 Å². The average molecular weight is 301 g/mol. The first-order valence-electron chi connectivity index (χ1n) is 6.92. The number of nitrogens with zero attached hydrogens (tertiary/aromatic N) is 4. The van der Waals surface area contributed by atoms with E-state index in [0.717, 1.165) is 54.2 Å². The second-order valence-electron chi connectivity index (χ2n) is 5.00. The van der Waals surface area contributed by atoms with Crippen LogP contribution in [0.25, 0.3) is 21.6 Å². The highest BCUT2D eigenvalue weighted by Gasteiger charge is 2.16. The van der Waals surface area contributed by atoms with Gasteiger partial charge in [0.1, 0.15) is 0 Å². The molecule has 3 aromatic rings. The molecule has 0 aliphatic carbocycles. The van der Waals surface area contributed by atoms with Gasteiger partial charge in [-0.1, -0.05) is 0 Å². The minimum Gasteiger partial charge on any atom is -0.378 e. The predicted octanol–water partition coefficient (Wildman–Crippen LogP) is 2.23. The van der Waals surface area contributed by atoms with E-state index in [9.17, 15) is 0 Å². The van der Waals surface area contributed by atoms with E-state index in [1.807, 2.05) is 6.92 Å².